The van der Waals surface area contributed by atoms with E-state index < -0.39 is 0 Å². The molecule has 2 N–H and O–H groups in total. The van der Waals surface area contributed by atoms with Gasteiger partial charge in [0.2, 0.25) is 0 Å². The van der Waals surface area contributed by atoms with Crippen molar-refractivity contribution >= 4 is 11.3 Å². The molecule has 3 nitrogen and oxygen atoms in total. The smallest absolute Gasteiger partial charge is 0.157 e. The fourth-order valence-corrected chi connectivity index (χ4v) is 3.57. The molecule has 18 heavy (non-hydrogen) atoms. The van der Waals surface area contributed by atoms with Gasteiger partial charge in [0.15, 0.2) is 11.5 Å². The summed E-state index contributed by atoms with van der Waals surface area (Å²) in [5.74, 6) is 0.169. The standard InChI is InChI=1S/C14H15NO2S/c1-15-7-11(10-4-5-18-14(10)8-15)9-2-3-12(16)13(17)6-9/h2-6,11,16-17H,7-8H2,1H3/t11-/m1/s1. The number of aromatic hydroxyl groups is 2. The van der Waals surface area contributed by atoms with Crippen molar-refractivity contribution in [3.05, 3.63) is 45.6 Å². The van der Waals surface area contributed by atoms with E-state index in [1.807, 2.05) is 6.07 Å². The number of phenolic OH excluding ortho intramolecular Hbond substituents is 2. The summed E-state index contributed by atoms with van der Waals surface area (Å²) in [6.45, 7) is 1.93. The lowest BCUT2D eigenvalue weighted by atomic mass is 9.88. The summed E-state index contributed by atoms with van der Waals surface area (Å²) in [4.78, 5) is 3.68. The van der Waals surface area contributed by atoms with Crippen LogP contribution in [0.25, 0.3) is 0 Å². The van der Waals surface area contributed by atoms with E-state index in [9.17, 15) is 10.2 Å². The van der Waals surface area contributed by atoms with Crippen LogP contribution in [-0.2, 0) is 6.54 Å². The monoisotopic (exact) mass is 261 g/mol. The van der Waals surface area contributed by atoms with Gasteiger partial charge in [-0.25, -0.2) is 0 Å². The lowest BCUT2D eigenvalue weighted by Crippen LogP contribution is -2.29. The number of nitrogens with zero attached hydrogens (tertiary/aromatic N) is 1. The summed E-state index contributed by atoms with van der Waals surface area (Å²) in [5, 5.41) is 21.1. The van der Waals surface area contributed by atoms with Crippen LogP contribution in [0.15, 0.2) is 29.6 Å². The van der Waals surface area contributed by atoms with Crippen molar-refractivity contribution in [2.45, 2.75) is 12.5 Å². The van der Waals surface area contributed by atoms with Gasteiger partial charge >= 0.3 is 0 Å². The predicted octanol–water partition coefficient (Wildman–Crippen LogP) is 2.74. The van der Waals surface area contributed by atoms with E-state index in [0.717, 1.165) is 18.7 Å². The third-order valence-corrected chi connectivity index (χ3v) is 4.39. The van der Waals surface area contributed by atoms with Crippen LogP contribution in [-0.4, -0.2) is 28.7 Å². The molecule has 0 radical (unpaired) electrons. The third kappa shape index (κ3) is 1.87. The van der Waals surface area contributed by atoms with Crippen molar-refractivity contribution in [2.24, 2.45) is 0 Å². The zero-order valence-corrected chi connectivity index (χ0v) is 10.9. The number of hydrogen-bond donors (Lipinski definition) is 2. The molecule has 0 unspecified atom stereocenters. The molecule has 3 rings (SSSR count). The first-order valence-corrected chi connectivity index (χ1v) is 6.80. The van der Waals surface area contributed by atoms with Crippen molar-refractivity contribution in [1.82, 2.24) is 4.90 Å². The van der Waals surface area contributed by atoms with Crippen LogP contribution in [0.3, 0.4) is 0 Å². The molecule has 2 aromatic rings. The highest BCUT2D eigenvalue weighted by molar-refractivity contribution is 7.10. The summed E-state index contributed by atoms with van der Waals surface area (Å²) >= 11 is 1.78. The van der Waals surface area contributed by atoms with Gasteiger partial charge in [-0.05, 0) is 41.8 Å². The summed E-state index contributed by atoms with van der Waals surface area (Å²) in [6.07, 6.45) is 0. The average molecular weight is 261 g/mol. The average Bonchev–Trinajstić information content (AvgIpc) is 2.79. The zero-order valence-electron chi connectivity index (χ0n) is 10.1. The maximum Gasteiger partial charge on any atom is 0.157 e. The van der Waals surface area contributed by atoms with Crippen molar-refractivity contribution in [3.63, 3.8) is 0 Å². The van der Waals surface area contributed by atoms with E-state index in [0.29, 0.717) is 0 Å². The van der Waals surface area contributed by atoms with E-state index in [1.54, 1.807) is 23.5 Å². The van der Waals surface area contributed by atoms with Crippen LogP contribution in [0, 0.1) is 0 Å². The molecule has 2 heterocycles. The highest BCUT2D eigenvalue weighted by atomic mass is 32.1. The minimum Gasteiger partial charge on any atom is -0.504 e. The first-order chi connectivity index (χ1) is 8.65. The Morgan fingerprint density at radius 2 is 2.06 bits per heavy atom. The van der Waals surface area contributed by atoms with Gasteiger partial charge in [-0.1, -0.05) is 6.07 Å². The minimum atomic E-state index is -0.0616. The number of rotatable bonds is 1. The molecule has 94 valence electrons. The Hall–Kier alpha value is -1.52. The van der Waals surface area contributed by atoms with Gasteiger partial charge in [0, 0.05) is 23.9 Å². The Bertz CT molecular complexity index is 579. The van der Waals surface area contributed by atoms with Gasteiger partial charge in [-0.2, -0.15) is 0 Å². The molecule has 0 spiro atoms. The molecule has 0 fully saturated rings. The molecule has 0 aliphatic carbocycles. The van der Waals surface area contributed by atoms with Gasteiger partial charge in [-0.3, -0.25) is 0 Å². The van der Waals surface area contributed by atoms with Crippen LogP contribution in [0.4, 0.5) is 0 Å². The van der Waals surface area contributed by atoms with Crippen LogP contribution >= 0.6 is 11.3 Å². The Morgan fingerprint density at radius 3 is 2.83 bits per heavy atom. The number of thiophene rings is 1. The minimum absolute atomic E-state index is 0.0440. The second-order valence-electron chi connectivity index (χ2n) is 4.80. The normalized spacial score (nSPS) is 19.7. The lowest BCUT2D eigenvalue weighted by molar-refractivity contribution is 0.299. The van der Waals surface area contributed by atoms with Gasteiger partial charge in [-0.15, -0.1) is 11.3 Å². The van der Waals surface area contributed by atoms with Gasteiger partial charge in [0.05, 0.1) is 0 Å². The van der Waals surface area contributed by atoms with Crippen molar-refractivity contribution < 1.29 is 10.2 Å². The van der Waals surface area contributed by atoms with Crippen molar-refractivity contribution in [2.75, 3.05) is 13.6 Å². The van der Waals surface area contributed by atoms with E-state index in [2.05, 4.69) is 23.4 Å². The van der Waals surface area contributed by atoms with Crippen LogP contribution in [0.5, 0.6) is 11.5 Å². The summed E-state index contributed by atoms with van der Waals surface area (Å²) < 4.78 is 0. The summed E-state index contributed by atoms with van der Waals surface area (Å²) in [6, 6.07) is 7.29. The Kier molecular flexibility index (Phi) is 2.76. The lowest BCUT2D eigenvalue weighted by Gasteiger charge is -2.30. The topological polar surface area (TPSA) is 43.7 Å². The van der Waals surface area contributed by atoms with E-state index in [1.165, 1.54) is 10.4 Å². The highest BCUT2D eigenvalue weighted by Gasteiger charge is 2.26. The number of hydrogen-bond acceptors (Lipinski definition) is 4. The molecule has 0 amide bonds. The van der Waals surface area contributed by atoms with E-state index in [-0.39, 0.29) is 17.4 Å². The first-order valence-electron chi connectivity index (χ1n) is 5.92. The molecular weight excluding hydrogens is 246 g/mol. The zero-order chi connectivity index (χ0) is 12.7. The Balaban J connectivity index is 2.04. The van der Waals surface area contributed by atoms with Gasteiger partial charge in [0.1, 0.15) is 0 Å². The molecule has 1 aliphatic rings. The Morgan fingerprint density at radius 1 is 1.22 bits per heavy atom. The van der Waals surface area contributed by atoms with Crippen molar-refractivity contribution in [1.29, 1.82) is 0 Å². The molecule has 1 aromatic carbocycles. The van der Waals surface area contributed by atoms with Gasteiger partial charge < -0.3 is 15.1 Å². The molecule has 0 saturated heterocycles. The molecule has 1 atom stereocenters. The van der Waals surface area contributed by atoms with Crippen LogP contribution in [0.2, 0.25) is 0 Å². The number of fused-ring (bicyclic) bond motifs is 1. The number of likely N-dealkylation sites (N-methyl/N-ethyl adjacent to an activating group) is 1. The van der Waals surface area contributed by atoms with E-state index in [4.69, 9.17) is 0 Å². The van der Waals surface area contributed by atoms with Crippen molar-refractivity contribution in [3.8, 4) is 11.5 Å². The molecule has 0 saturated carbocycles. The maximum atomic E-state index is 9.63. The first kappa shape index (κ1) is 11.6. The highest BCUT2D eigenvalue weighted by Crippen LogP contribution is 2.38. The van der Waals surface area contributed by atoms with E-state index >= 15 is 0 Å². The fraction of sp³-hybridized carbons (Fsp3) is 0.286. The summed E-state index contributed by atoms with van der Waals surface area (Å²) in [7, 11) is 2.11. The van der Waals surface area contributed by atoms with Crippen LogP contribution < -0.4 is 0 Å². The predicted molar refractivity (Wildman–Crippen MR) is 72.3 cm³/mol. The molecule has 1 aliphatic heterocycles. The Labute approximate surface area is 110 Å². The summed E-state index contributed by atoms with van der Waals surface area (Å²) in [5.41, 5.74) is 2.40. The number of benzene rings is 1. The molecule has 0 bridgehead atoms. The second kappa shape index (κ2) is 4.30. The molecular formula is C14H15NO2S. The largest absolute Gasteiger partial charge is 0.504 e. The quantitative estimate of drug-likeness (QED) is 0.776. The van der Waals surface area contributed by atoms with Crippen LogP contribution in [0.1, 0.15) is 21.9 Å². The molecule has 4 heteroatoms. The molecule has 1 aromatic heterocycles. The maximum absolute atomic E-state index is 9.63. The SMILES string of the molecule is CN1Cc2sccc2[C@@H](c2ccc(O)c(O)c2)C1. The van der Waals surface area contributed by atoms with Gasteiger partial charge in [0.25, 0.3) is 0 Å². The number of phenols is 2. The fourth-order valence-electron chi connectivity index (χ4n) is 2.55. The third-order valence-electron chi connectivity index (χ3n) is 3.46. The second-order valence-corrected chi connectivity index (χ2v) is 5.80.